The normalized spacial score (nSPS) is 17.7. The van der Waals surface area contributed by atoms with Crippen molar-refractivity contribution < 1.29 is 4.79 Å². The minimum absolute atomic E-state index is 0.0276. The first-order valence-corrected chi connectivity index (χ1v) is 6.55. The van der Waals surface area contributed by atoms with Crippen molar-refractivity contribution in [3.05, 3.63) is 22.4 Å². The smallest absolute Gasteiger partial charge is 0.258 e. The molecular weight excluding hydrogens is 228 g/mol. The summed E-state index contributed by atoms with van der Waals surface area (Å²) in [6.45, 7) is 2.12. The maximum absolute atomic E-state index is 11.0. The first kappa shape index (κ1) is 10.7. The van der Waals surface area contributed by atoms with Crippen LogP contribution < -0.4 is 0 Å². The second-order valence-corrected chi connectivity index (χ2v) is 5.30. The number of rotatable bonds is 2. The number of hydrogen-bond donors (Lipinski definition) is 0. The van der Waals surface area contributed by atoms with Crippen molar-refractivity contribution in [2.75, 3.05) is 12.8 Å². The lowest BCUT2D eigenvalue weighted by molar-refractivity contribution is -0.115. The van der Waals surface area contributed by atoms with E-state index in [2.05, 4.69) is 28.3 Å². The molecule has 1 aliphatic rings. The van der Waals surface area contributed by atoms with Crippen molar-refractivity contribution in [2.45, 2.75) is 13.0 Å². The van der Waals surface area contributed by atoms with Crippen LogP contribution in [0.2, 0.25) is 0 Å². The van der Waals surface area contributed by atoms with Crippen LogP contribution >= 0.6 is 23.1 Å². The molecule has 5 heteroatoms. The molecule has 0 radical (unpaired) electrons. The summed E-state index contributed by atoms with van der Waals surface area (Å²) in [6.07, 6.45) is 0. The van der Waals surface area contributed by atoms with E-state index < -0.39 is 0 Å². The monoisotopic (exact) mass is 240 g/mol. The summed E-state index contributed by atoms with van der Waals surface area (Å²) in [5.41, 5.74) is 0. The molecule has 0 fully saturated rings. The van der Waals surface area contributed by atoms with Gasteiger partial charge in [0.1, 0.15) is 0 Å². The largest absolute Gasteiger partial charge is 0.347 e. The Morgan fingerprint density at radius 3 is 2.93 bits per heavy atom. The summed E-state index contributed by atoms with van der Waals surface area (Å²) < 4.78 is 0. The van der Waals surface area contributed by atoms with E-state index in [1.165, 1.54) is 16.6 Å². The van der Waals surface area contributed by atoms with Crippen molar-refractivity contribution in [1.29, 1.82) is 0 Å². The van der Waals surface area contributed by atoms with Crippen molar-refractivity contribution in [1.82, 2.24) is 4.90 Å². The van der Waals surface area contributed by atoms with Gasteiger partial charge >= 0.3 is 0 Å². The minimum atomic E-state index is -0.0276. The number of aliphatic imine (C=N–C) groups is 1. The van der Waals surface area contributed by atoms with E-state index in [0.29, 0.717) is 5.75 Å². The van der Waals surface area contributed by atoms with Crippen LogP contribution in [-0.2, 0) is 4.79 Å². The third-order valence-corrected chi connectivity index (χ3v) is 4.45. The van der Waals surface area contributed by atoms with Gasteiger partial charge in [-0.3, -0.25) is 4.79 Å². The number of hydrogen-bond acceptors (Lipinski definition) is 4. The number of nitrogens with zero attached hydrogens (tertiary/aromatic N) is 2. The lowest BCUT2D eigenvalue weighted by Crippen LogP contribution is -2.25. The fraction of sp³-hybridized carbons (Fsp3) is 0.400. The van der Waals surface area contributed by atoms with Gasteiger partial charge in [-0.15, -0.1) is 11.3 Å². The van der Waals surface area contributed by atoms with Gasteiger partial charge in [0.2, 0.25) is 0 Å². The average Bonchev–Trinajstić information content (AvgIpc) is 2.85. The molecule has 0 aliphatic carbocycles. The van der Waals surface area contributed by atoms with Crippen molar-refractivity contribution >= 4 is 34.2 Å². The second kappa shape index (κ2) is 4.37. The van der Waals surface area contributed by atoms with Crippen LogP contribution in [0.3, 0.4) is 0 Å². The number of thioether (sulfide) groups is 1. The second-order valence-electron chi connectivity index (χ2n) is 3.38. The molecule has 0 bridgehead atoms. The number of thiophene rings is 1. The van der Waals surface area contributed by atoms with E-state index in [-0.39, 0.29) is 11.9 Å². The minimum Gasteiger partial charge on any atom is -0.347 e. The highest BCUT2D eigenvalue weighted by molar-refractivity contribution is 8.14. The van der Waals surface area contributed by atoms with Crippen LogP contribution in [0.15, 0.2) is 22.5 Å². The lowest BCUT2D eigenvalue weighted by Gasteiger charge is -2.24. The highest BCUT2D eigenvalue weighted by atomic mass is 32.2. The Hall–Kier alpha value is -0.810. The quantitative estimate of drug-likeness (QED) is 0.795. The maximum Gasteiger partial charge on any atom is 0.258 e. The molecule has 2 rings (SSSR count). The van der Waals surface area contributed by atoms with Gasteiger partial charge in [0.15, 0.2) is 5.17 Å². The zero-order valence-corrected chi connectivity index (χ0v) is 10.3. The van der Waals surface area contributed by atoms with Crippen molar-refractivity contribution in [3.63, 3.8) is 0 Å². The number of amidine groups is 1. The average molecular weight is 240 g/mol. The SMILES string of the molecule is CC(c1cccs1)N(C)C1=NC(=O)CS1. The topological polar surface area (TPSA) is 32.7 Å². The van der Waals surface area contributed by atoms with Gasteiger partial charge in [-0.1, -0.05) is 17.8 Å². The van der Waals surface area contributed by atoms with E-state index in [1.807, 2.05) is 13.1 Å². The van der Waals surface area contributed by atoms with E-state index in [4.69, 9.17) is 0 Å². The Morgan fingerprint density at radius 2 is 2.40 bits per heavy atom. The Kier molecular flexibility index (Phi) is 3.11. The summed E-state index contributed by atoms with van der Waals surface area (Å²) in [5.74, 6) is 0.455. The van der Waals surface area contributed by atoms with Gasteiger partial charge in [0, 0.05) is 11.9 Å². The zero-order valence-electron chi connectivity index (χ0n) is 8.64. The van der Waals surface area contributed by atoms with Crippen molar-refractivity contribution in [2.24, 2.45) is 4.99 Å². The van der Waals surface area contributed by atoms with Crippen LogP contribution in [0.25, 0.3) is 0 Å². The molecule has 1 aromatic rings. The summed E-state index contributed by atoms with van der Waals surface area (Å²) in [4.78, 5) is 18.4. The van der Waals surface area contributed by atoms with Gasteiger partial charge < -0.3 is 4.90 Å². The standard InChI is InChI=1S/C10H12N2OS2/c1-7(8-4-3-5-14-8)12(2)10-11-9(13)6-15-10/h3-5,7H,6H2,1-2H3. The van der Waals surface area contributed by atoms with Gasteiger partial charge in [0.05, 0.1) is 11.8 Å². The Bertz CT molecular complexity index is 386. The van der Waals surface area contributed by atoms with Crippen LogP contribution in [0.1, 0.15) is 17.8 Å². The highest BCUT2D eigenvalue weighted by Gasteiger charge is 2.22. The molecule has 80 valence electrons. The molecular formula is C10H12N2OS2. The summed E-state index contributed by atoms with van der Waals surface area (Å²) in [7, 11) is 1.98. The first-order chi connectivity index (χ1) is 7.18. The predicted molar refractivity (Wildman–Crippen MR) is 65.4 cm³/mol. The van der Waals surface area contributed by atoms with Gasteiger partial charge in [0.25, 0.3) is 5.91 Å². The molecule has 1 unspecified atom stereocenters. The highest BCUT2D eigenvalue weighted by Crippen LogP contribution is 2.27. The summed E-state index contributed by atoms with van der Waals surface area (Å²) in [5, 5.41) is 2.90. The zero-order chi connectivity index (χ0) is 10.8. The van der Waals surface area contributed by atoms with E-state index in [0.717, 1.165) is 5.17 Å². The summed E-state index contributed by atoms with van der Waals surface area (Å²) >= 11 is 3.24. The van der Waals surface area contributed by atoms with Crippen molar-refractivity contribution in [3.8, 4) is 0 Å². The Balaban J connectivity index is 2.11. The van der Waals surface area contributed by atoms with E-state index in [1.54, 1.807) is 11.3 Å². The Morgan fingerprint density at radius 1 is 1.60 bits per heavy atom. The molecule has 0 aromatic carbocycles. The number of amides is 1. The fourth-order valence-electron chi connectivity index (χ4n) is 1.36. The molecule has 2 heterocycles. The van der Waals surface area contributed by atoms with Crippen LogP contribution in [0.4, 0.5) is 0 Å². The molecule has 0 spiro atoms. The molecule has 0 saturated carbocycles. The Labute approximate surface area is 97.2 Å². The summed E-state index contributed by atoms with van der Waals surface area (Å²) in [6, 6.07) is 4.43. The molecule has 1 atom stereocenters. The number of carbonyl (C=O) groups is 1. The third kappa shape index (κ3) is 2.23. The lowest BCUT2D eigenvalue weighted by atomic mass is 10.2. The molecule has 3 nitrogen and oxygen atoms in total. The van der Waals surface area contributed by atoms with Gasteiger partial charge in [-0.2, -0.15) is 4.99 Å². The van der Waals surface area contributed by atoms with E-state index in [9.17, 15) is 4.79 Å². The molecule has 1 amide bonds. The van der Waals surface area contributed by atoms with E-state index >= 15 is 0 Å². The molecule has 1 aromatic heterocycles. The third-order valence-electron chi connectivity index (χ3n) is 2.38. The predicted octanol–water partition coefficient (Wildman–Crippen LogP) is 2.37. The van der Waals surface area contributed by atoms with Crippen LogP contribution in [0, 0.1) is 0 Å². The first-order valence-electron chi connectivity index (χ1n) is 4.69. The molecule has 1 aliphatic heterocycles. The maximum atomic E-state index is 11.0. The fourth-order valence-corrected chi connectivity index (χ4v) is 3.04. The van der Waals surface area contributed by atoms with Crippen LogP contribution in [0.5, 0.6) is 0 Å². The number of carbonyl (C=O) groups excluding carboxylic acids is 1. The molecule has 0 N–H and O–H groups in total. The van der Waals surface area contributed by atoms with Crippen LogP contribution in [-0.4, -0.2) is 28.8 Å². The van der Waals surface area contributed by atoms with Gasteiger partial charge in [-0.05, 0) is 18.4 Å². The molecule has 0 saturated heterocycles. The van der Waals surface area contributed by atoms with Gasteiger partial charge in [-0.25, -0.2) is 0 Å². The molecule has 15 heavy (non-hydrogen) atoms.